The molecule has 0 unspecified atom stereocenters. The lowest BCUT2D eigenvalue weighted by Crippen LogP contribution is -2.40. The maximum Gasteiger partial charge on any atom is 0.416 e. The fourth-order valence-corrected chi connectivity index (χ4v) is 2.62. The minimum atomic E-state index is -4.52. The Balaban J connectivity index is 1.77. The Bertz CT molecular complexity index is 873. The zero-order chi connectivity index (χ0) is 21.2. The molecule has 0 radical (unpaired) electrons. The summed E-state index contributed by atoms with van der Waals surface area (Å²) in [4.78, 5) is 12.8. The largest absolute Gasteiger partial charge is 0.489 e. The van der Waals surface area contributed by atoms with Crippen molar-refractivity contribution in [3.8, 4) is 5.75 Å². The highest BCUT2D eigenvalue weighted by atomic mass is 19.4. The second-order valence-corrected chi connectivity index (χ2v) is 7.60. The third-order valence-electron chi connectivity index (χ3n) is 4.62. The van der Waals surface area contributed by atoms with E-state index in [2.05, 4.69) is 10.4 Å². The lowest BCUT2D eigenvalue weighted by molar-refractivity contribution is -0.137. The van der Waals surface area contributed by atoms with Crippen molar-refractivity contribution >= 4 is 11.6 Å². The van der Waals surface area contributed by atoms with Gasteiger partial charge in [0.1, 0.15) is 17.9 Å². The molecule has 1 heterocycles. The van der Waals surface area contributed by atoms with Crippen molar-refractivity contribution in [1.29, 1.82) is 0 Å². The summed E-state index contributed by atoms with van der Waals surface area (Å²) >= 11 is 0. The van der Waals surface area contributed by atoms with Gasteiger partial charge in [0.15, 0.2) is 0 Å². The number of carbonyl (C=O) groups excluding carboxylic acids is 1. The summed E-state index contributed by atoms with van der Waals surface area (Å²) in [5.74, 6) is -0.487. The molecule has 3 rings (SSSR count). The molecule has 1 N–H and O–H groups in total. The van der Waals surface area contributed by atoms with Gasteiger partial charge >= 0.3 is 6.18 Å². The van der Waals surface area contributed by atoms with Crippen molar-refractivity contribution in [2.75, 3.05) is 18.5 Å². The summed E-state index contributed by atoms with van der Waals surface area (Å²) in [5, 5.41) is 6.83. The number of aromatic nitrogens is 2. The van der Waals surface area contributed by atoms with E-state index in [0.717, 1.165) is 30.5 Å². The number of hydrogen-bond acceptors (Lipinski definition) is 4. The molecular weight excluding hydrogens is 387 g/mol. The highest BCUT2D eigenvalue weighted by Crippen LogP contribution is 2.36. The van der Waals surface area contributed by atoms with Gasteiger partial charge in [0, 0.05) is 6.20 Å². The Morgan fingerprint density at radius 3 is 2.59 bits per heavy atom. The van der Waals surface area contributed by atoms with Gasteiger partial charge in [0.25, 0.3) is 5.91 Å². The molecule has 1 amide bonds. The van der Waals surface area contributed by atoms with Gasteiger partial charge in [-0.15, -0.1) is 0 Å². The average molecular weight is 411 g/mol. The Morgan fingerprint density at radius 1 is 1.28 bits per heavy atom. The van der Waals surface area contributed by atoms with E-state index in [0.29, 0.717) is 0 Å². The predicted octanol–water partition coefficient (Wildman–Crippen LogP) is 4.14. The monoisotopic (exact) mass is 411 g/mol. The van der Waals surface area contributed by atoms with Gasteiger partial charge in [-0.25, -0.2) is 0 Å². The highest BCUT2D eigenvalue weighted by Gasteiger charge is 2.34. The molecule has 0 spiro atoms. The second kappa shape index (κ2) is 8.06. The number of nitrogens with zero attached hydrogens (tertiary/aromatic N) is 2. The molecule has 1 aliphatic carbocycles. The topological polar surface area (TPSA) is 65.4 Å². The maximum absolute atomic E-state index is 13.1. The summed E-state index contributed by atoms with van der Waals surface area (Å²) in [7, 11) is 0. The van der Waals surface area contributed by atoms with Crippen LogP contribution in [0.4, 0.5) is 18.9 Å². The third kappa shape index (κ3) is 5.29. The maximum atomic E-state index is 13.1. The van der Waals surface area contributed by atoms with Gasteiger partial charge in [-0.1, -0.05) is 0 Å². The molecule has 29 heavy (non-hydrogen) atoms. The van der Waals surface area contributed by atoms with Crippen molar-refractivity contribution in [3.05, 3.63) is 41.7 Å². The van der Waals surface area contributed by atoms with Gasteiger partial charge in [-0.3, -0.25) is 9.48 Å². The van der Waals surface area contributed by atoms with Crippen LogP contribution in [0, 0.1) is 6.92 Å². The van der Waals surface area contributed by atoms with Crippen molar-refractivity contribution in [2.45, 2.75) is 51.4 Å². The lowest BCUT2D eigenvalue weighted by atomic mass is 10.0. The third-order valence-corrected chi connectivity index (χ3v) is 4.62. The zero-order valence-electron chi connectivity index (χ0n) is 16.5. The van der Waals surface area contributed by atoms with Crippen molar-refractivity contribution in [2.24, 2.45) is 0 Å². The van der Waals surface area contributed by atoms with Gasteiger partial charge in [0.05, 0.1) is 30.2 Å². The van der Waals surface area contributed by atoms with Crippen LogP contribution in [-0.2, 0) is 21.2 Å². The van der Waals surface area contributed by atoms with Gasteiger partial charge in [-0.2, -0.15) is 18.3 Å². The summed E-state index contributed by atoms with van der Waals surface area (Å²) in [6.45, 7) is 5.55. The SMILES string of the molecule is Cc1cnn(C(C)(C)C(=O)Nc2ccc(C(F)(F)F)cc2OCCOC2CC2)c1. The van der Waals surface area contributed by atoms with E-state index in [4.69, 9.17) is 9.47 Å². The normalized spacial score (nSPS) is 14.7. The molecule has 0 bridgehead atoms. The van der Waals surface area contributed by atoms with Crippen molar-refractivity contribution < 1.29 is 27.4 Å². The molecule has 0 atom stereocenters. The van der Waals surface area contributed by atoms with E-state index in [9.17, 15) is 18.0 Å². The second-order valence-electron chi connectivity index (χ2n) is 7.60. The Labute approximate surface area is 167 Å². The van der Waals surface area contributed by atoms with Crippen LogP contribution in [0.5, 0.6) is 5.75 Å². The van der Waals surface area contributed by atoms with Gasteiger partial charge in [0.2, 0.25) is 0 Å². The Hall–Kier alpha value is -2.55. The number of benzene rings is 1. The number of carbonyl (C=O) groups is 1. The minimum absolute atomic E-state index is 0.0555. The number of halogens is 3. The van der Waals surface area contributed by atoms with Crippen molar-refractivity contribution in [3.63, 3.8) is 0 Å². The molecule has 1 aliphatic rings. The van der Waals surface area contributed by atoms with E-state index in [1.165, 1.54) is 10.7 Å². The number of amides is 1. The first-order valence-electron chi connectivity index (χ1n) is 9.36. The van der Waals surface area contributed by atoms with Crippen LogP contribution in [-0.4, -0.2) is 35.0 Å². The number of hydrogen-bond donors (Lipinski definition) is 1. The van der Waals surface area contributed by atoms with E-state index in [1.54, 1.807) is 26.2 Å². The first kappa shape index (κ1) is 21.2. The fourth-order valence-electron chi connectivity index (χ4n) is 2.62. The van der Waals surface area contributed by atoms with Crippen LogP contribution in [0.25, 0.3) is 0 Å². The van der Waals surface area contributed by atoms with Crippen LogP contribution in [0.3, 0.4) is 0 Å². The summed E-state index contributed by atoms with van der Waals surface area (Å²) in [5.41, 5.74) is -0.856. The quantitative estimate of drug-likeness (QED) is 0.663. The van der Waals surface area contributed by atoms with Crippen LogP contribution >= 0.6 is 0 Å². The molecule has 1 saturated carbocycles. The van der Waals surface area contributed by atoms with E-state index >= 15 is 0 Å². The van der Waals surface area contributed by atoms with E-state index in [-0.39, 0.29) is 30.8 Å². The molecule has 2 aromatic rings. The molecule has 0 aliphatic heterocycles. The summed E-state index contributed by atoms with van der Waals surface area (Å²) < 4.78 is 51.8. The molecule has 158 valence electrons. The smallest absolute Gasteiger partial charge is 0.416 e. The summed E-state index contributed by atoms with van der Waals surface area (Å²) in [6, 6.07) is 2.99. The van der Waals surface area contributed by atoms with Crippen molar-refractivity contribution in [1.82, 2.24) is 9.78 Å². The number of ether oxygens (including phenoxy) is 2. The van der Waals surface area contributed by atoms with Crippen LogP contribution < -0.4 is 10.1 Å². The first-order valence-corrected chi connectivity index (χ1v) is 9.36. The number of aryl methyl sites for hydroxylation is 1. The number of alkyl halides is 3. The van der Waals surface area contributed by atoms with Crippen LogP contribution in [0.2, 0.25) is 0 Å². The summed E-state index contributed by atoms with van der Waals surface area (Å²) in [6.07, 6.45) is 1.04. The van der Waals surface area contributed by atoms with Gasteiger partial charge < -0.3 is 14.8 Å². The zero-order valence-corrected chi connectivity index (χ0v) is 16.5. The fraction of sp³-hybridized carbons (Fsp3) is 0.500. The Kier molecular flexibility index (Phi) is 5.88. The number of rotatable bonds is 8. The molecule has 6 nitrogen and oxygen atoms in total. The number of nitrogens with one attached hydrogen (secondary N) is 1. The molecule has 1 aromatic carbocycles. The standard InChI is InChI=1S/C20H24F3N3O3/c1-13-11-24-26(12-13)19(2,3)18(27)25-16-7-4-14(20(21,22)23)10-17(16)29-9-8-28-15-5-6-15/h4,7,10-12,15H,5-6,8-9H2,1-3H3,(H,25,27). The van der Waals surface area contributed by atoms with Crippen LogP contribution in [0.15, 0.2) is 30.6 Å². The van der Waals surface area contributed by atoms with E-state index in [1.807, 2.05) is 6.92 Å². The highest BCUT2D eigenvalue weighted by molar-refractivity contribution is 5.97. The average Bonchev–Trinajstić information content (AvgIpc) is 3.36. The first-order chi connectivity index (χ1) is 13.6. The van der Waals surface area contributed by atoms with Crippen LogP contribution in [0.1, 0.15) is 37.8 Å². The predicted molar refractivity (Wildman–Crippen MR) is 101 cm³/mol. The molecule has 1 fully saturated rings. The lowest BCUT2D eigenvalue weighted by Gasteiger charge is -2.25. The minimum Gasteiger partial charge on any atom is -0.489 e. The number of anilines is 1. The molecular formula is C20H24F3N3O3. The molecule has 0 saturated heterocycles. The molecule has 1 aromatic heterocycles. The molecule has 9 heteroatoms. The van der Waals surface area contributed by atoms with E-state index < -0.39 is 23.2 Å². The Morgan fingerprint density at radius 2 is 2.00 bits per heavy atom. The van der Waals surface area contributed by atoms with Gasteiger partial charge in [-0.05, 0) is 57.4 Å².